The van der Waals surface area contributed by atoms with Gasteiger partial charge in [-0.25, -0.2) is 4.98 Å². The minimum Gasteiger partial charge on any atom is -0.393 e. The van der Waals surface area contributed by atoms with Gasteiger partial charge in [0.2, 0.25) is 0 Å². The number of nitrogens with zero attached hydrogens (tertiary/aromatic N) is 2. The lowest BCUT2D eigenvalue weighted by molar-refractivity contribution is 0.0689. The predicted molar refractivity (Wildman–Crippen MR) is 62.4 cm³/mol. The summed E-state index contributed by atoms with van der Waals surface area (Å²) in [5.74, 6) is 0.174. The minimum atomic E-state index is -0.245. The average Bonchev–Trinajstić information content (AvgIpc) is 2.89. The van der Waals surface area contributed by atoms with E-state index in [1.807, 2.05) is 0 Å². The molecule has 0 saturated heterocycles. The van der Waals surface area contributed by atoms with Crippen molar-refractivity contribution in [1.82, 2.24) is 9.88 Å². The molecule has 1 aliphatic rings. The van der Waals surface area contributed by atoms with Gasteiger partial charge in [-0.15, -0.1) is 11.3 Å². The van der Waals surface area contributed by atoms with Crippen LogP contribution in [0.3, 0.4) is 0 Å². The van der Waals surface area contributed by atoms with Crippen LogP contribution in [0.25, 0.3) is 0 Å². The number of hydrogen-bond donors (Lipinski definition) is 1. The minimum absolute atomic E-state index is 0.0552. The van der Waals surface area contributed by atoms with Gasteiger partial charge in [-0.3, -0.25) is 4.79 Å². The van der Waals surface area contributed by atoms with Gasteiger partial charge in [-0.05, 0) is 12.8 Å². The van der Waals surface area contributed by atoms with Crippen molar-refractivity contribution in [2.75, 3.05) is 13.6 Å². The highest BCUT2D eigenvalue weighted by molar-refractivity contribution is 7.07. The average molecular weight is 240 g/mol. The van der Waals surface area contributed by atoms with E-state index < -0.39 is 0 Å². The van der Waals surface area contributed by atoms with Gasteiger partial charge < -0.3 is 10.0 Å². The summed E-state index contributed by atoms with van der Waals surface area (Å²) in [6.45, 7) is 0.623. The van der Waals surface area contributed by atoms with E-state index in [4.69, 9.17) is 0 Å². The third-order valence-electron chi connectivity index (χ3n) is 3.13. The van der Waals surface area contributed by atoms with Crippen molar-refractivity contribution < 1.29 is 9.90 Å². The Hall–Kier alpha value is -0.940. The third-order valence-corrected chi connectivity index (χ3v) is 3.71. The zero-order valence-corrected chi connectivity index (χ0v) is 10.1. The molecule has 1 aromatic rings. The molecular weight excluding hydrogens is 224 g/mol. The summed E-state index contributed by atoms with van der Waals surface area (Å²) in [6, 6.07) is 0. The number of aliphatic hydroxyl groups is 1. The van der Waals surface area contributed by atoms with E-state index in [1.54, 1.807) is 22.8 Å². The molecular formula is C11H16N2O2S. The molecule has 1 N–H and O–H groups in total. The summed E-state index contributed by atoms with van der Waals surface area (Å²) in [7, 11) is 1.77. The molecule has 16 heavy (non-hydrogen) atoms. The number of aliphatic hydroxyl groups excluding tert-OH is 1. The lowest BCUT2D eigenvalue weighted by atomic mass is 10.1. The number of carbonyl (C=O) groups excluding carboxylic acids is 1. The number of aromatic nitrogens is 1. The fourth-order valence-electron chi connectivity index (χ4n) is 2.18. The van der Waals surface area contributed by atoms with Crippen LogP contribution < -0.4 is 0 Å². The molecule has 1 saturated carbocycles. The second-order valence-corrected chi connectivity index (χ2v) is 5.04. The first-order chi connectivity index (χ1) is 7.68. The summed E-state index contributed by atoms with van der Waals surface area (Å²) in [5, 5.41) is 11.5. The van der Waals surface area contributed by atoms with Crippen LogP contribution in [0.4, 0.5) is 0 Å². The maximum absolute atomic E-state index is 11.9. The zero-order valence-electron chi connectivity index (χ0n) is 9.30. The van der Waals surface area contributed by atoms with Crippen LogP contribution >= 0.6 is 11.3 Å². The van der Waals surface area contributed by atoms with Crippen LogP contribution in [0, 0.1) is 5.92 Å². The molecule has 4 nitrogen and oxygen atoms in total. The summed E-state index contributed by atoms with van der Waals surface area (Å²) >= 11 is 1.42. The monoisotopic (exact) mass is 240 g/mol. The van der Waals surface area contributed by atoms with Crippen molar-refractivity contribution in [1.29, 1.82) is 0 Å². The van der Waals surface area contributed by atoms with Gasteiger partial charge in [0, 0.05) is 24.9 Å². The maximum atomic E-state index is 11.9. The Labute approximate surface area is 98.9 Å². The van der Waals surface area contributed by atoms with Crippen molar-refractivity contribution in [2.45, 2.75) is 25.4 Å². The molecule has 0 aliphatic heterocycles. The highest BCUT2D eigenvalue weighted by Gasteiger charge is 2.27. The van der Waals surface area contributed by atoms with Gasteiger partial charge in [0.05, 0.1) is 11.6 Å². The molecule has 0 radical (unpaired) electrons. The van der Waals surface area contributed by atoms with Gasteiger partial charge in [-0.2, -0.15) is 0 Å². The van der Waals surface area contributed by atoms with Crippen molar-refractivity contribution in [3.63, 3.8) is 0 Å². The Kier molecular flexibility index (Phi) is 3.56. The van der Waals surface area contributed by atoms with Gasteiger partial charge in [0.25, 0.3) is 5.91 Å². The Morgan fingerprint density at radius 1 is 1.69 bits per heavy atom. The zero-order chi connectivity index (χ0) is 11.5. The van der Waals surface area contributed by atoms with E-state index in [2.05, 4.69) is 4.98 Å². The Morgan fingerprint density at radius 3 is 3.06 bits per heavy atom. The second-order valence-electron chi connectivity index (χ2n) is 4.32. The largest absolute Gasteiger partial charge is 0.393 e. The second kappa shape index (κ2) is 4.93. The van der Waals surface area contributed by atoms with E-state index in [0.29, 0.717) is 12.2 Å². The van der Waals surface area contributed by atoms with Crippen molar-refractivity contribution in [2.24, 2.45) is 5.92 Å². The molecule has 1 aliphatic carbocycles. The molecule has 1 fully saturated rings. The fourth-order valence-corrected chi connectivity index (χ4v) is 2.70. The van der Waals surface area contributed by atoms with E-state index in [9.17, 15) is 9.90 Å². The van der Waals surface area contributed by atoms with E-state index in [-0.39, 0.29) is 17.9 Å². The molecule has 0 spiro atoms. The number of carbonyl (C=O) groups is 1. The lowest BCUT2D eigenvalue weighted by Crippen LogP contribution is -2.34. The topological polar surface area (TPSA) is 53.4 Å². The molecule has 0 bridgehead atoms. The molecule has 1 amide bonds. The lowest BCUT2D eigenvalue weighted by Gasteiger charge is -2.22. The Bertz CT molecular complexity index is 353. The first-order valence-electron chi connectivity index (χ1n) is 5.50. The maximum Gasteiger partial charge on any atom is 0.273 e. The number of rotatable bonds is 3. The quantitative estimate of drug-likeness (QED) is 0.868. The standard InChI is InChI=1S/C11H16N2O2S/c1-13(5-8-3-2-4-10(8)14)11(15)9-6-16-7-12-9/h6-8,10,14H,2-5H2,1H3. The number of thiazole rings is 1. The SMILES string of the molecule is CN(CC1CCCC1O)C(=O)c1cscn1. The highest BCUT2D eigenvalue weighted by atomic mass is 32.1. The first-order valence-corrected chi connectivity index (χ1v) is 6.44. The summed E-state index contributed by atoms with van der Waals surface area (Å²) < 4.78 is 0. The van der Waals surface area contributed by atoms with Gasteiger partial charge in [-0.1, -0.05) is 6.42 Å². The number of hydrogen-bond acceptors (Lipinski definition) is 4. The molecule has 2 unspecified atom stereocenters. The van der Waals surface area contributed by atoms with Crippen LogP contribution in [0.5, 0.6) is 0 Å². The summed E-state index contributed by atoms with van der Waals surface area (Å²) in [5.41, 5.74) is 2.16. The van der Waals surface area contributed by atoms with Crippen LogP contribution in [0.2, 0.25) is 0 Å². The predicted octanol–water partition coefficient (Wildman–Crippen LogP) is 1.38. The Balaban J connectivity index is 1.93. The molecule has 88 valence electrons. The van der Waals surface area contributed by atoms with Crippen molar-refractivity contribution in [3.8, 4) is 0 Å². The fraction of sp³-hybridized carbons (Fsp3) is 0.636. The normalized spacial score (nSPS) is 24.6. The molecule has 1 heterocycles. The van der Waals surface area contributed by atoms with E-state index in [0.717, 1.165) is 19.3 Å². The molecule has 2 rings (SSSR count). The Morgan fingerprint density at radius 2 is 2.50 bits per heavy atom. The molecule has 1 aromatic heterocycles. The van der Waals surface area contributed by atoms with E-state index in [1.165, 1.54) is 11.3 Å². The van der Waals surface area contributed by atoms with Crippen LogP contribution in [-0.2, 0) is 0 Å². The first kappa shape index (κ1) is 11.5. The van der Waals surface area contributed by atoms with Crippen molar-refractivity contribution in [3.05, 3.63) is 16.6 Å². The smallest absolute Gasteiger partial charge is 0.273 e. The molecule has 0 aromatic carbocycles. The van der Waals surface area contributed by atoms with Crippen LogP contribution in [0.15, 0.2) is 10.9 Å². The molecule has 5 heteroatoms. The van der Waals surface area contributed by atoms with Gasteiger partial charge in [0.1, 0.15) is 5.69 Å². The van der Waals surface area contributed by atoms with Gasteiger partial charge in [0.15, 0.2) is 0 Å². The number of amides is 1. The van der Waals surface area contributed by atoms with E-state index >= 15 is 0 Å². The van der Waals surface area contributed by atoms with Crippen molar-refractivity contribution >= 4 is 17.2 Å². The van der Waals surface area contributed by atoms with Crippen LogP contribution in [-0.4, -0.2) is 40.6 Å². The summed E-state index contributed by atoms with van der Waals surface area (Å²) in [6.07, 6.45) is 2.69. The summed E-state index contributed by atoms with van der Waals surface area (Å²) in [4.78, 5) is 17.5. The van der Waals surface area contributed by atoms with Crippen LogP contribution in [0.1, 0.15) is 29.8 Å². The van der Waals surface area contributed by atoms with Gasteiger partial charge >= 0.3 is 0 Å². The molecule has 2 atom stereocenters. The third kappa shape index (κ3) is 2.41. The highest BCUT2D eigenvalue weighted by Crippen LogP contribution is 2.26.